The van der Waals surface area contributed by atoms with Gasteiger partial charge in [0, 0.05) is 178 Å². The van der Waals surface area contributed by atoms with Crippen molar-refractivity contribution in [3.05, 3.63) is 101 Å². The second-order valence-corrected chi connectivity index (χ2v) is 23.5. The number of rotatable bonds is 28. The van der Waals surface area contributed by atoms with E-state index in [4.69, 9.17) is 5.73 Å². The lowest BCUT2D eigenvalue weighted by molar-refractivity contribution is -0.308. The first-order valence-corrected chi connectivity index (χ1v) is 31.8. The van der Waals surface area contributed by atoms with E-state index in [1.165, 1.54) is 71.8 Å². The highest BCUT2D eigenvalue weighted by atomic mass is 16.4. The molecule has 98 heavy (non-hydrogen) atoms. The van der Waals surface area contributed by atoms with Gasteiger partial charge in [-0.1, -0.05) is 6.92 Å². The number of carbonyl (C=O) groups excluding carboxylic acids is 10. The summed E-state index contributed by atoms with van der Waals surface area (Å²) in [5.74, 6) is -9.47. The third kappa shape index (κ3) is 26.5. The largest absolute Gasteiger partial charge is 0.549 e. The number of nitrogens with two attached hydrogens (primary N) is 1. The molecule has 2 aromatic heterocycles. The van der Waals surface area contributed by atoms with Crippen LogP contribution in [0.1, 0.15) is 35.8 Å². The summed E-state index contributed by atoms with van der Waals surface area (Å²) < 4.78 is 0. The van der Waals surface area contributed by atoms with Crippen molar-refractivity contribution in [3.63, 3.8) is 0 Å². The number of fused-ring (bicyclic) bond motifs is 1. The summed E-state index contributed by atoms with van der Waals surface area (Å²) in [4.78, 5) is 168. The normalized spacial score (nSPS) is 16.3. The molecule has 0 saturated carbocycles. The standard InChI is InChI=1S/C63H85N19O16/c1-2-75-17-19-78(37-53(86)87)25-21-76(22-26-79(20-18-75)38-54(88)89)36-52(85)69-46-11-13-47(14-12-46)71-61(97)49(72-60(96)42-3-5-43(6-4-42)65-33-48-34-66-59-58(70-48)62(98)74-63(64)73-59)15-16-50(83)67-44-7-9-45(10-8-44)68-51(84)35-77-23-27-80(39-55(90)91)29-31-82(41-57(94)95)32-30-81(28-24-77)40-56(92)93/h3-14,34,49,65H,2,15-33,35-41H2,1H3,(H,67,83)(H,68,84)(H,69,85)(H,71,97)(H,72,96)(H,86,87)(H,88,89)(H,90,91)(H,92,93)(H,94,95)(H3,64,66,73,74,98)/p-5. The lowest BCUT2D eigenvalue weighted by atomic mass is 10.1. The highest BCUT2D eigenvalue weighted by Crippen LogP contribution is 2.19. The number of nitrogen functional groups attached to an aromatic ring is 1. The molecule has 2 aliphatic rings. The molecule has 1 unspecified atom stereocenters. The number of aliphatic carboxylic acids is 5. The number of nitrogens with zero attached hydrogens (tertiary/aromatic N) is 11. The number of carbonyl (C=O) groups is 10. The minimum absolute atomic E-state index is 0.00594. The fraction of sp³-hybridized carbons (Fsp3) is 0.460. The highest BCUT2D eigenvalue weighted by molar-refractivity contribution is 6.02. The number of carboxylic acids is 5. The second kappa shape index (κ2) is 38.0. The predicted molar refractivity (Wildman–Crippen MR) is 346 cm³/mol. The molecule has 2 saturated heterocycles. The molecular formula is C63H80N19O16-5. The molecule has 5 amide bonds. The van der Waals surface area contributed by atoms with E-state index in [0.29, 0.717) is 61.2 Å². The van der Waals surface area contributed by atoms with Crippen molar-refractivity contribution in [3.8, 4) is 0 Å². The minimum atomic E-state index is -1.35. The van der Waals surface area contributed by atoms with Gasteiger partial charge in [0.1, 0.15) is 6.04 Å². The molecule has 2 aliphatic heterocycles. The van der Waals surface area contributed by atoms with E-state index < -0.39 is 90.6 Å². The zero-order valence-electron chi connectivity index (χ0n) is 54.2. The van der Waals surface area contributed by atoms with E-state index in [9.17, 15) is 78.3 Å². The molecule has 5 aromatic rings. The van der Waals surface area contributed by atoms with Crippen LogP contribution in [0.3, 0.4) is 0 Å². The van der Waals surface area contributed by atoms with E-state index in [2.05, 4.69) is 56.7 Å². The summed E-state index contributed by atoms with van der Waals surface area (Å²) in [6.07, 6.45) is 0.933. The van der Waals surface area contributed by atoms with Gasteiger partial charge in [-0.05, 0) is 85.8 Å². The van der Waals surface area contributed by atoms with Crippen LogP contribution in [0.2, 0.25) is 0 Å². The van der Waals surface area contributed by atoms with Crippen LogP contribution in [-0.4, -0.2) is 282 Å². The van der Waals surface area contributed by atoms with Gasteiger partial charge in [0.05, 0.1) is 61.4 Å². The molecule has 3 aromatic carbocycles. The third-order valence-electron chi connectivity index (χ3n) is 16.1. The Hall–Kier alpha value is -10.1. The Kier molecular flexibility index (Phi) is 29.2. The van der Waals surface area contributed by atoms with E-state index >= 15 is 0 Å². The molecule has 2 fully saturated rings. The maximum Gasteiger partial charge on any atom is 0.280 e. The fourth-order valence-corrected chi connectivity index (χ4v) is 10.8. The zero-order chi connectivity index (χ0) is 70.7. The number of carboxylic acid groups (broad SMARTS) is 5. The SMILES string of the molecule is CCN1CCN(CC(=O)[O-])CCN(CC(=O)Nc2ccc(NC(=O)C(CCC(=O)Nc3ccc(NC(=O)CN4CCN(CC(=O)[O-])CCN(CC(=O)[O-])CCN(CC(=O)[O-])CC4)cc3)NC(=O)c3ccc(NCc4cnc5nc(N)[nH]c(=O)c5n4)cc3)cc2)CCN(CC(=O)[O-])CC1. The zero-order valence-corrected chi connectivity index (χ0v) is 54.2. The number of aromatic amines is 1. The summed E-state index contributed by atoms with van der Waals surface area (Å²) in [5.41, 5.74) is 7.50. The van der Waals surface area contributed by atoms with E-state index in [1.807, 2.05) is 6.92 Å². The van der Waals surface area contributed by atoms with Crippen molar-refractivity contribution in [2.45, 2.75) is 32.4 Å². The first kappa shape index (κ1) is 75.2. The number of benzene rings is 3. The molecule has 35 heteroatoms. The number of hydrogen-bond donors (Lipinski definition) is 8. The van der Waals surface area contributed by atoms with Gasteiger partial charge in [-0.15, -0.1) is 0 Å². The molecule has 528 valence electrons. The van der Waals surface area contributed by atoms with Crippen LogP contribution in [0.25, 0.3) is 11.2 Å². The average Bonchev–Trinajstić information content (AvgIpc) is 0.822. The van der Waals surface area contributed by atoms with Crippen LogP contribution >= 0.6 is 0 Å². The number of anilines is 6. The topological polar surface area (TPSA) is 482 Å². The summed E-state index contributed by atoms with van der Waals surface area (Å²) in [6.45, 7) is 4.60. The maximum atomic E-state index is 14.2. The molecule has 4 heterocycles. The van der Waals surface area contributed by atoms with E-state index in [-0.39, 0.29) is 152 Å². The minimum Gasteiger partial charge on any atom is -0.549 e. The van der Waals surface area contributed by atoms with Gasteiger partial charge in [0.15, 0.2) is 11.2 Å². The molecule has 9 N–H and O–H groups in total. The summed E-state index contributed by atoms with van der Waals surface area (Å²) >= 11 is 0. The third-order valence-corrected chi connectivity index (χ3v) is 16.1. The lowest BCUT2D eigenvalue weighted by Crippen LogP contribution is -2.51. The first-order chi connectivity index (χ1) is 46.9. The van der Waals surface area contributed by atoms with Crippen molar-refractivity contribution in [1.82, 2.24) is 64.5 Å². The van der Waals surface area contributed by atoms with Gasteiger partial charge >= 0.3 is 0 Å². The average molecular weight is 1360 g/mol. The summed E-state index contributed by atoms with van der Waals surface area (Å²) in [6, 6.07) is 17.1. The Bertz CT molecular complexity index is 3560. The molecule has 0 spiro atoms. The monoisotopic (exact) mass is 1360 g/mol. The van der Waals surface area contributed by atoms with Crippen LogP contribution in [0, 0.1) is 0 Å². The van der Waals surface area contributed by atoms with Crippen molar-refractivity contribution in [2.75, 3.05) is 189 Å². The fourth-order valence-electron chi connectivity index (χ4n) is 10.8. The number of aromatic nitrogens is 4. The van der Waals surface area contributed by atoms with Gasteiger partial charge in [-0.3, -0.25) is 68.1 Å². The molecule has 7 rings (SSSR count). The van der Waals surface area contributed by atoms with Crippen molar-refractivity contribution in [1.29, 1.82) is 0 Å². The Labute approximate surface area is 563 Å². The number of H-pyrrole nitrogens is 1. The number of nitrogens with one attached hydrogen (secondary N) is 7. The summed E-state index contributed by atoms with van der Waals surface area (Å²) in [5, 5.41) is 75.0. The Morgan fingerprint density at radius 3 is 1.19 bits per heavy atom. The van der Waals surface area contributed by atoms with Gasteiger partial charge < -0.3 is 92.0 Å². The van der Waals surface area contributed by atoms with Crippen LogP contribution in [0.5, 0.6) is 0 Å². The van der Waals surface area contributed by atoms with Crippen LogP contribution in [-0.2, 0) is 49.7 Å². The Morgan fingerprint density at radius 2 is 0.816 bits per heavy atom. The van der Waals surface area contributed by atoms with Gasteiger partial charge in [0.2, 0.25) is 29.6 Å². The quantitative estimate of drug-likeness (QED) is 0.0231. The first-order valence-electron chi connectivity index (χ1n) is 31.8. The second-order valence-electron chi connectivity index (χ2n) is 23.5. The van der Waals surface area contributed by atoms with Gasteiger partial charge in [-0.25, -0.2) is 9.97 Å². The number of likely N-dealkylation sites (N-methyl/N-ethyl adjacent to an activating group) is 1. The highest BCUT2D eigenvalue weighted by Gasteiger charge is 2.25. The molecule has 0 radical (unpaired) electrons. The number of hydrogen-bond acceptors (Lipinski definition) is 29. The maximum absolute atomic E-state index is 14.2. The van der Waals surface area contributed by atoms with E-state index in [1.54, 1.807) is 41.5 Å². The Balaban J connectivity index is 0.981. The summed E-state index contributed by atoms with van der Waals surface area (Å²) in [7, 11) is 0. The smallest absolute Gasteiger partial charge is 0.280 e. The van der Waals surface area contributed by atoms with Crippen molar-refractivity contribution < 1.29 is 73.5 Å². The molecule has 0 bridgehead atoms. The van der Waals surface area contributed by atoms with Gasteiger partial charge in [0.25, 0.3) is 11.5 Å². The van der Waals surface area contributed by atoms with Crippen LogP contribution < -0.4 is 68.7 Å². The van der Waals surface area contributed by atoms with Crippen LogP contribution in [0.15, 0.2) is 83.8 Å². The van der Waals surface area contributed by atoms with E-state index in [0.717, 1.165) is 0 Å². The predicted octanol–water partition coefficient (Wildman–Crippen LogP) is -7.85. The molecule has 1 atom stereocenters. The van der Waals surface area contributed by atoms with Crippen molar-refractivity contribution in [2.24, 2.45) is 0 Å². The Morgan fingerprint density at radius 1 is 0.469 bits per heavy atom. The van der Waals surface area contributed by atoms with Gasteiger partial charge in [-0.2, -0.15) is 4.98 Å². The molecule has 35 nitrogen and oxygen atoms in total. The lowest BCUT2D eigenvalue weighted by Gasteiger charge is -2.34. The van der Waals surface area contributed by atoms with Crippen LogP contribution in [0.4, 0.5) is 34.4 Å². The number of amides is 5. The molecule has 0 aliphatic carbocycles. The molecular weight excluding hydrogens is 1280 g/mol. The van der Waals surface area contributed by atoms with Crippen molar-refractivity contribution >= 4 is 105 Å².